The van der Waals surface area contributed by atoms with Gasteiger partial charge in [-0.3, -0.25) is 14.4 Å². The van der Waals surface area contributed by atoms with Crippen molar-refractivity contribution in [2.24, 2.45) is 11.7 Å². The molecule has 5 unspecified atom stereocenters. The van der Waals surface area contributed by atoms with E-state index in [1.165, 1.54) is 24.0 Å². The minimum Gasteiger partial charge on any atom is -0.508 e. The molecule has 1 heterocycles. The second-order valence-electron chi connectivity index (χ2n) is 9.42. The van der Waals surface area contributed by atoms with E-state index in [2.05, 4.69) is 10.6 Å². The van der Waals surface area contributed by atoms with Crippen molar-refractivity contribution in [1.82, 2.24) is 15.5 Å². The van der Waals surface area contributed by atoms with Crippen molar-refractivity contribution in [1.29, 1.82) is 0 Å². The largest absolute Gasteiger partial charge is 0.508 e. The Hall–Kier alpha value is -3.18. The number of phenolic OH excluding ortho intramolecular Hbond substituents is 1. The number of carbonyl (C=O) groups excluding carboxylic acids is 3. The average Bonchev–Trinajstić information content (AvgIpc) is 3.27. The molecule has 0 radical (unpaired) electrons. The molecule has 3 amide bonds. The molecule has 35 heavy (non-hydrogen) atoms. The van der Waals surface area contributed by atoms with E-state index in [0.29, 0.717) is 18.4 Å². The van der Waals surface area contributed by atoms with E-state index in [0.717, 1.165) is 0 Å². The Labute approximate surface area is 204 Å². The molecule has 1 aliphatic heterocycles. The van der Waals surface area contributed by atoms with Crippen LogP contribution in [0.15, 0.2) is 24.3 Å². The Balaban J connectivity index is 2.09. The number of hydrogen-bond donors (Lipinski definition) is 6. The van der Waals surface area contributed by atoms with Crippen LogP contribution in [0, 0.1) is 5.92 Å². The molecule has 11 heteroatoms. The van der Waals surface area contributed by atoms with Crippen LogP contribution < -0.4 is 16.4 Å². The van der Waals surface area contributed by atoms with Crippen LogP contribution in [0.4, 0.5) is 0 Å². The Morgan fingerprint density at radius 1 is 1.09 bits per heavy atom. The molecule has 5 atom stereocenters. The van der Waals surface area contributed by atoms with Crippen LogP contribution in [-0.2, 0) is 25.6 Å². The summed E-state index contributed by atoms with van der Waals surface area (Å²) in [6, 6.07) is 1.82. The molecule has 1 aromatic rings. The molecule has 194 valence electrons. The number of aromatic hydroxyl groups is 1. The molecule has 11 nitrogen and oxygen atoms in total. The third-order valence-corrected chi connectivity index (χ3v) is 5.93. The van der Waals surface area contributed by atoms with Gasteiger partial charge in [0.15, 0.2) is 0 Å². The van der Waals surface area contributed by atoms with Crippen molar-refractivity contribution in [3.63, 3.8) is 0 Å². The molecule has 0 saturated carbocycles. The molecule has 1 aromatic carbocycles. The van der Waals surface area contributed by atoms with Crippen molar-refractivity contribution in [2.75, 3.05) is 6.54 Å². The predicted octanol–water partition coefficient (Wildman–Crippen LogP) is -0.266. The van der Waals surface area contributed by atoms with Crippen LogP contribution >= 0.6 is 0 Å². The van der Waals surface area contributed by atoms with Gasteiger partial charge in [-0.1, -0.05) is 26.0 Å². The van der Waals surface area contributed by atoms with Gasteiger partial charge in [-0.2, -0.15) is 0 Å². The van der Waals surface area contributed by atoms with Gasteiger partial charge in [-0.15, -0.1) is 0 Å². The number of nitrogens with zero attached hydrogens (tertiary/aromatic N) is 1. The van der Waals surface area contributed by atoms with Gasteiger partial charge < -0.3 is 36.6 Å². The first-order chi connectivity index (χ1) is 16.4. The Morgan fingerprint density at radius 2 is 1.71 bits per heavy atom. The summed E-state index contributed by atoms with van der Waals surface area (Å²) in [6.45, 7) is 5.34. The summed E-state index contributed by atoms with van der Waals surface area (Å²) in [5.74, 6) is -2.95. The monoisotopic (exact) mass is 492 g/mol. The standard InChI is InChI=1S/C24H36N4O7/c1-13(2)11-18(23(33)28-10-4-5-19(28)24(34)35)26-22(32)20(14(3)29)27-21(31)17(25)12-15-6-8-16(30)9-7-15/h6-9,13-14,17-20,29-30H,4-5,10-12,25H2,1-3H3,(H,26,32)(H,27,31)(H,34,35). The summed E-state index contributed by atoms with van der Waals surface area (Å²) in [7, 11) is 0. The van der Waals surface area contributed by atoms with Gasteiger partial charge >= 0.3 is 5.97 Å². The molecule has 7 N–H and O–H groups in total. The van der Waals surface area contributed by atoms with Crippen molar-refractivity contribution < 1.29 is 34.5 Å². The van der Waals surface area contributed by atoms with Gasteiger partial charge in [0.1, 0.15) is 23.9 Å². The maximum atomic E-state index is 13.1. The van der Waals surface area contributed by atoms with Gasteiger partial charge in [0, 0.05) is 6.54 Å². The topological polar surface area (TPSA) is 182 Å². The molecule has 0 aliphatic carbocycles. The van der Waals surface area contributed by atoms with E-state index in [1.807, 2.05) is 13.8 Å². The number of aliphatic hydroxyl groups is 1. The number of carboxylic acids is 1. The zero-order valence-corrected chi connectivity index (χ0v) is 20.3. The van der Waals surface area contributed by atoms with Gasteiger partial charge in [0.05, 0.1) is 12.1 Å². The van der Waals surface area contributed by atoms with E-state index in [1.54, 1.807) is 12.1 Å². The molecule has 0 aromatic heterocycles. The summed E-state index contributed by atoms with van der Waals surface area (Å²) in [5.41, 5.74) is 6.67. The lowest BCUT2D eigenvalue weighted by molar-refractivity contribution is -0.149. The van der Waals surface area contributed by atoms with E-state index >= 15 is 0 Å². The highest BCUT2D eigenvalue weighted by Crippen LogP contribution is 2.20. The number of likely N-dealkylation sites (tertiary alicyclic amines) is 1. The van der Waals surface area contributed by atoms with Gasteiger partial charge in [0.25, 0.3) is 0 Å². The number of aliphatic carboxylic acids is 1. The van der Waals surface area contributed by atoms with Crippen LogP contribution in [0.5, 0.6) is 5.75 Å². The van der Waals surface area contributed by atoms with Crippen LogP contribution in [0.3, 0.4) is 0 Å². The first kappa shape index (κ1) is 28.1. The molecule has 0 spiro atoms. The van der Waals surface area contributed by atoms with E-state index < -0.39 is 54.0 Å². The molecular weight excluding hydrogens is 456 g/mol. The first-order valence-corrected chi connectivity index (χ1v) is 11.8. The number of benzene rings is 1. The SMILES string of the molecule is CC(C)CC(NC(=O)C(NC(=O)C(N)Cc1ccc(O)cc1)C(C)O)C(=O)N1CCCC1C(=O)O. The van der Waals surface area contributed by atoms with Gasteiger partial charge in [-0.25, -0.2) is 4.79 Å². The number of hydrogen-bond acceptors (Lipinski definition) is 7. The minimum absolute atomic E-state index is 0.00783. The van der Waals surface area contributed by atoms with Crippen LogP contribution in [0.2, 0.25) is 0 Å². The number of rotatable bonds is 11. The third-order valence-electron chi connectivity index (χ3n) is 5.93. The highest BCUT2D eigenvalue weighted by Gasteiger charge is 2.39. The van der Waals surface area contributed by atoms with Crippen molar-refractivity contribution in [2.45, 2.75) is 76.7 Å². The number of carbonyl (C=O) groups is 4. The first-order valence-electron chi connectivity index (χ1n) is 11.8. The highest BCUT2D eigenvalue weighted by atomic mass is 16.4. The molecule has 2 rings (SSSR count). The van der Waals surface area contributed by atoms with Crippen LogP contribution in [0.25, 0.3) is 0 Å². The van der Waals surface area contributed by atoms with Crippen molar-refractivity contribution in [3.8, 4) is 5.75 Å². The van der Waals surface area contributed by atoms with Crippen molar-refractivity contribution >= 4 is 23.7 Å². The summed E-state index contributed by atoms with van der Waals surface area (Å²) in [4.78, 5) is 51.6. The average molecular weight is 493 g/mol. The molecule has 1 aliphatic rings. The summed E-state index contributed by atoms with van der Waals surface area (Å²) < 4.78 is 0. The van der Waals surface area contributed by atoms with Crippen molar-refractivity contribution in [3.05, 3.63) is 29.8 Å². The lowest BCUT2D eigenvalue weighted by Gasteiger charge is -2.30. The Bertz CT molecular complexity index is 904. The number of nitrogens with one attached hydrogen (secondary N) is 2. The van der Waals surface area contributed by atoms with Crippen LogP contribution in [-0.4, -0.2) is 80.7 Å². The minimum atomic E-state index is -1.37. The summed E-state index contributed by atoms with van der Waals surface area (Å²) >= 11 is 0. The number of aliphatic hydroxyl groups excluding tert-OH is 1. The normalized spacial score (nSPS) is 19.0. The summed E-state index contributed by atoms with van der Waals surface area (Å²) in [5, 5.41) is 34.0. The molecular formula is C24H36N4O7. The predicted molar refractivity (Wildman–Crippen MR) is 127 cm³/mol. The zero-order chi connectivity index (χ0) is 26.3. The maximum absolute atomic E-state index is 13.1. The lowest BCUT2D eigenvalue weighted by atomic mass is 10.0. The second kappa shape index (κ2) is 12.5. The number of carboxylic acid groups (broad SMARTS) is 1. The fraction of sp³-hybridized carbons (Fsp3) is 0.583. The highest BCUT2D eigenvalue weighted by molar-refractivity contribution is 5.94. The number of nitrogens with two attached hydrogens (primary N) is 1. The van der Waals surface area contributed by atoms with Crippen LogP contribution in [0.1, 0.15) is 45.6 Å². The number of amides is 3. The third kappa shape index (κ3) is 7.93. The fourth-order valence-corrected chi connectivity index (χ4v) is 4.09. The van der Waals surface area contributed by atoms with Gasteiger partial charge in [-0.05, 0) is 56.2 Å². The maximum Gasteiger partial charge on any atom is 0.326 e. The zero-order valence-electron chi connectivity index (χ0n) is 20.3. The second-order valence-corrected chi connectivity index (χ2v) is 9.42. The Kier molecular flexibility index (Phi) is 10.0. The smallest absolute Gasteiger partial charge is 0.326 e. The molecule has 1 saturated heterocycles. The number of phenols is 1. The molecule has 1 fully saturated rings. The fourth-order valence-electron chi connectivity index (χ4n) is 4.09. The lowest BCUT2D eigenvalue weighted by Crippen LogP contribution is -2.60. The Morgan fingerprint density at radius 3 is 2.26 bits per heavy atom. The van der Waals surface area contributed by atoms with Gasteiger partial charge in [0.2, 0.25) is 17.7 Å². The van der Waals surface area contributed by atoms with E-state index in [4.69, 9.17) is 5.73 Å². The summed E-state index contributed by atoms with van der Waals surface area (Å²) in [6.07, 6.45) is 0.00711. The van der Waals surface area contributed by atoms with E-state index in [-0.39, 0.29) is 31.1 Å². The quantitative estimate of drug-likeness (QED) is 0.244. The van der Waals surface area contributed by atoms with E-state index in [9.17, 15) is 34.5 Å². The molecule has 0 bridgehead atoms.